The van der Waals surface area contributed by atoms with Gasteiger partial charge >= 0.3 is 5.97 Å². The maximum atomic E-state index is 12.7. The fraction of sp³-hybridized carbons (Fsp3) is 0.550. The summed E-state index contributed by atoms with van der Waals surface area (Å²) in [4.78, 5) is 39.4. The Morgan fingerprint density at radius 2 is 1.73 bits per heavy atom. The molecule has 1 atom stereocenters. The van der Waals surface area contributed by atoms with Gasteiger partial charge in [-0.15, -0.1) is 0 Å². The predicted octanol–water partition coefficient (Wildman–Crippen LogP) is 2.89. The number of carboxylic acids is 1. The number of carbonyl (C=O) groups is 3. The third-order valence-electron chi connectivity index (χ3n) is 5.00. The Morgan fingerprint density at radius 1 is 1.12 bits per heavy atom. The molecule has 6 nitrogen and oxygen atoms in total. The number of nitrogens with zero attached hydrogens (tertiary/aromatic N) is 2. The normalized spacial score (nSPS) is 17.0. The van der Waals surface area contributed by atoms with E-state index in [1.165, 1.54) is 0 Å². The molecule has 1 N–H and O–H groups in total. The standard InChI is InChI=1S/C20H28N2O4/c1-3-21(4-2)19(25)16-8-10-17(11-9-16)20(26)22-13-5-6-15(14-22)7-12-18(23)24/h8-11,15H,3-7,12-14H2,1-2H3,(H,23,24). The van der Waals surface area contributed by atoms with Crippen LogP contribution in [0.5, 0.6) is 0 Å². The van der Waals surface area contributed by atoms with Crippen molar-refractivity contribution in [3.63, 3.8) is 0 Å². The fourth-order valence-corrected chi connectivity index (χ4v) is 3.44. The number of aliphatic carboxylic acids is 1. The number of carboxylic acid groups (broad SMARTS) is 1. The van der Waals surface area contributed by atoms with Crippen molar-refractivity contribution in [2.24, 2.45) is 5.92 Å². The highest BCUT2D eigenvalue weighted by Crippen LogP contribution is 2.22. The molecule has 2 amide bonds. The summed E-state index contributed by atoms with van der Waals surface area (Å²) in [6, 6.07) is 6.83. The summed E-state index contributed by atoms with van der Waals surface area (Å²) in [7, 11) is 0. The van der Waals surface area contributed by atoms with Crippen molar-refractivity contribution in [3.8, 4) is 0 Å². The fourth-order valence-electron chi connectivity index (χ4n) is 3.44. The average Bonchev–Trinajstić information content (AvgIpc) is 2.67. The molecule has 1 aromatic rings. The molecule has 0 spiro atoms. The number of carbonyl (C=O) groups excluding carboxylic acids is 2. The molecule has 1 aliphatic rings. The van der Waals surface area contributed by atoms with Crippen molar-refractivity contribution < 1.29 is 19.5 Å². The van der Waals surface area contributed by atoms with Gasteiger partial charge in [0.15, 0.2) is 0 Å². The molecule has 0 aliphatic carbocycles. The molecule has 1 fully saturated rings. The lowest BCUT2D eigenvalue weighted by Gasteiger charge is -2.32. The van der Waals surface area contributed by atoms with Gasteiger partial charge in [0.2, 0.25) is 0 Å². The van der Waals surface area contributed by atoms with Gasteiger partial charge < -0.3 is 14.9 Å². The van der Waals surface area contributed by atoms with Gasteiger partial charge in [-0.1, -0.05) is 0 Å². The minimum Gasteiger partial charge on any atom is -0.481 e. The Hall–Kier alpha value is -2.37. The zero-order valence-electron chi connectivity index (χ0n) is 15.6. The van der Waals surface area contributed by atoms with Crippen LogP contribution in [0.25, 0.3) is 0 Å². The Balaban J connectivity index is 2.00. The van der Waals surface area contributed by atoms with E-state index in [9.17, 15) is 14.4 Å². The molecule has 0 bridgehead atoms. The first-order valence-electron chi connectivity index (χ1n) is 9.36. The molecular weight excluding hydrogens is 332 g/mol. The zero-order chi connectivity index (χ0) is 19.1. The molecule has 6 heteroatoms. The van der Waals surface area contributed by atoms with Gasteiger partial charge in [-0.25, -0.2) is 0 Å². The van der Waals surface area contributed by atoms with Crippen molar-refractivity contribution >= 4 is 17.8 Å². The van der Waals surface area contributed by atoms with Crippen LogP contribution in [-0.4, -0.2) is 58.9 Å². The number of rotatable bonds is 7. The maximum Gasteiger partial charge on any atom is 0.303 e. The summed E-state index contributed by atoms with van der Waals surface area (Å²) in [5.74, 6) is -0.623. The van der Waals surface area contributed by atoms with E-state index in [0.717, 1.165) is 12.8 Å². The van der Waals surface area contributed by atoms with Crippen molar-refractivity contribution in [1.29, 1.82) is 0 Å². The second-order valence-corrected chi connectivity index (χ2v) is 6.75. The molecule has 0 aromatic heterocycles. The second-order valence-electron chi connectivity index (χ2n) is 6.75. The Morgan fingerprint density at radius 3 is 2.31 bits per heavy atom. The highest BCUT2D eigenvalue weighted by atomic mass is 16.4. The van der Waals surface area contributed by atoms with E-state index in [1.54, 1.807) is 34.1 Å². The van der Waals surface area contributed by atoms with Gasteiger partial charge in [-0.2, -0.15) is 0 Å². The van der Waals surface area contributed by atoms with Crippen molar-refractivity contribution in [2.75, 3.05) is 26.2 Å². The first-order valence-corrected chi connectivity index (χ1v) is 9.36. The Bertz CT molecular complexity index is 638. The van der Waals surface area contributed by atoms with Crippen LogP contribution in [0, 0.1) is 5.92 Å². The number of hydrogen-bond acceptors (Lipinski definition) is 3. The second kappa shape index (κ2) is 9.36. The zero-order valence-corrected chi connectivity index (χ0v) is 15.6. The SMILES string of the molecule is CCN(CC)C(=O)c1ccc(C(=O)N2CCCC(CCC(=O)O)C2)cc1. The summed E-state index contributed by atoms with van der Waals surface area (Å²) in [5, 5.41) is 8.83. The molecule has 1 saturated heterocycles. The van der Waals surface area contributed by atoms with Crippen LogP contribution in [-0.2, 0) is 4.79 Å². The molecule has 1 aromatic carbocycles. The van der Waals surface area contributed by atoms with Crippen molar-refractivity contribution in [2.45, 2.75) is 39.5 Å². The van der Waals surface area contributed by atoms with Gasteiger partial charge in [0, 0.05) is 43.7 Å². The summed E-state index contributed by atoms with van der Waals surface area (Å²) in [6.45, 7) is 6.49. The Kier molecular flexibility index (Phi) is 7.18. The third-order valence-corrected chi connectivity index (χ3v) is 5.00. The summed E-state index contributed by atoms with van der Waals surface area (Å²) >= 11 is 0. The summed E-state index contributed by atoms with van der Waals surface area (Å²) in [5.41, 5.74) is 1.16. The molecule has 26 heavy (non-hydrogen) atoms. The van der Waals surface area contributed by atoms with Crippen LogP contribution in [0.15, 0.2) is 24.3 Å². The van der Waals surface area contributed by atoms with E-state index in [1.807, 2.05) is 13.8 Å². The molecule has 0 radical (unpaired) electrons. The van der Waals surface area contributed by atoms with E-state index in [2.05, 4.69) is 0 Å². The number of piperidine rings is 1. The first kappa shape index (κ1) is 19.9. The lowest BCUT2D eigenvalue weighted by molar-refractivity contribution is -0.137. The lowest BCUT2D eigenvalue weighted by atomic mass is 9.93. The van der Waals surface area contributed by atoms with Crippen LogP contribution in [0.1, 0.15) is 60.2 Å². The van der Waals surface area contributed by atoms with E-state index in [-0.39, 0.29) is 24.2 Å². The smallest absolute Gasteiger partial charge is 0.303 e. The van der Waals surface area contributed by atoms with E-state index in [0.29, 0.717) is 43.7 Å². The molecule has 1 heterocycles. The molecule has 2 rings (SSSR count). The van der Waals surface area contributed by atoms with E-state index >= 15 is 0 Å². The number of hydrogen-bond donors (Lipinski definition) is 1. The van der Waals surface area contributed by atoms with Crippen molar-refractivity contribution in [3.05, 3.63) is 35.4 Å². The topological polar surface area (TPSA) is 77.9 Å². The summed E-state index contributed by atoms with van der Waals surface area (Å²) < 4.78 is 0. The van der Waals surface area contributed by atoms with Crippen LogP contribution in [0.3, 0.4) is 0 Å². The Labute approximate surface area is 154 Å². The highest BCUT2D eigenvalue weighted by molar-refractivity contribution is 5.97. The minimum absolute atomic E-state index is 0.0271. The molecule has 1 aliphatic heterocycles. The van der Waals surface area contributed by atoms with Gasteiger partial charge in [0.1, 0.15) is 0 Å². The largest absolute Gasteiger partial charge is 0.481 e. The number of benzene rings is 1. The molecule has 142 valence electrons. The molecule has 1 unspecified atom stereocenters. The maximum absolute atomic E-state index is 12.7. The average molecular weight is 360 g/mol. The summed E-state index contributed by atoms with van der Waals surface area (Å²) in [6.07, 6.45) is 2.62. The minimum atomic E-state index is -0.790. The van der Waals surface area contributed by atoms with Crippen LogP contribution in [0.4, 0.5) is 0 Å². The van der Waals surface area contributed by atoms with Gasteiger partial charge in [-0.3, -0.25) is 14.4 Å². The lowest BCUT2D eigenvalue weighted by Crippen LogP contribution is -2.40. The quantitative estimate of drug-likeness (QED) is 0.811. The number of amides is 2. The van der Waals surface area contributed by atoms with Crippen LogP contribution in [0.2, 0.25) is 0 Å². The molecule has 0 saturated carbocycles. The number of likely N-dealkylation sites (tertiary alicyclic amines) is 1. The van der Waals surface area contributed by atoms with Gasteiger partial charge in [0.25, 0.3) is 11.8 Å². The van der Waals surface area contributed by atoms with Gasteiger partial charge in [-0.05, 0) is 63.3 Å². The molecular formula is C20H28N2O4. The van der Waals surface area contributed by atoms with Crippen LogP contribution >= 0.6 is 0 Å². The monoisotopic (exact) mass is 360 g/mol. The van der Waals surface area contributed by atoms with E-state index < -0.39 is 5.97 Å². The van der Waals surface area contributed by atoms with Crippen LogP contribution < -0.4 is 0 Å². The first-order chi connectivity index (χ1) is 12.5. The highest BCUT2D eigenvalue weighted by Gasteiger charge is 2.25. The van der Waals surface area contributed by atoms with Crippen molar-refractivity contribution in [1.82, 2.24) is 9.80 Å². The van der Waals surface area contributed by atoms with Gasteiger partial charge in [0.05, 0.1) is 0 Å². The predicted molar refractivity (Wildman–Crippen MR) is 99.2 cm³/mol. The van der Waals surface area contributed by atoms with E-state index in [4.69, 9.17) is 5.11 Å². The third kappa shape index (κ3) is 5.07.